The third-order valence-electron chi connectivity index (χ3n) is 2.89. The Labute approximate surface area is 117 Å². The molecule has 1 aliphatic heterocycles. The quantitative estimate of drug-likeness (QED) is 0.891. The van der Waals surface area contributed by atoms with Crippen LogP contribution in [0.1, 0.15) is 16.8 Å². The number of hydrogen-bond donors (Lipinski definition) is 2. The molecule has 1 aliphatic rings. The van der Waals surface area contributed by atoms with E-state index >= 15 is 0 Å². The molecule has 0 radical (unpaired) electrons. The van der Waals surface area contributed by atoms with Crippen molar-refractivity contribution < 1.29 is 14.7 Å². The van der Waals surface area contributed by atoms with Gasteiger partial charge in [-0.15, -0.1) is 0 Å². The number of nitrogens with one attached hydrogen (secondary N) is 1. The van der Waals surface area contributed by atoms with Gasteiger partial charge in [0.05, 0.1) is 0 Å². The smallest absolute Gasteiger partial charge is 0.330 e. The number of hydrogen-bond acceptors (Lipinski definition) is 3. The lowest BCUT2D eigenvalue weighted by Crippen LogP contribution is -2.54. The van der Waals surface area contributed by atoms with E-state index in [2.05, 4.69) is 21.2 Å². The maximum atomic E-state index is 12.0. The lowest BCUT2D eigenvalue weighted by molar-refractivity contribution is -0.143. The first-order valence-electron chi connectivity index (χ1n) is 5.43. The van der Waals surface area contributed by atoms with Gasteiger partial charge in [0.2, 0.25) is 0 Å². The number of amides is 1. The van der Waals surface area contributed by atoms with Crippen LogP contribution in [0.3, 0.4) is 0 Å². The van der Waals surface area contributed by atoms with Crippen molar-refractivity contribution in [1.82, 2.24) is 5.32 Å². The Hall–Kier alpha value is -1.01. The molecule has 1 aromatic carbocycles. The predicted octanol–water partition coefficient (Wildman–Crippen LogP) is 2.14. The van der Waals surface area contributed by atoms with Gasteiger partial charge in [0.25, 0.3) is 5.91 Å². The van der Waals surface area contributed by atoms with Gasteiger partial charge in [0, 0.05) is 15.8 Å². The first-order valence-corrected chi connectivity index (χ1v) is 7.37. The molecule has 1 unspecified atom stereocenters. The van der Waals surface area contributed by atoms with Gasteiger partial charge in [-0.05, 0) is 36.4 Å². The monoisotopic (exact) mass is 329 g/mol. The minimum absolute atomic E-state index is 0.340. The molecule has 0 bridgehead atoms. The molecule has 0 saturated carbocycles. The average molecular weight is 330 g/mol. The van der Waals surface area contributed by atoms with Crippen molar-refractivity contribution >= 4 is 39.6 Å². The SMILES string of the molecule is O=C(NC1(C(=O)O)CCSC1)c1ccc(Br)cc1. The molecule has 0 aromatic heterocycles. The number of carboxylic acid groups (broad SMARTS) is 1. The fraction of sp³-hybridized carbons (Fsp3) is 0.333. The van der Waals surface area contributed by atoms with Crippen molar-refractivity contribution in [3.05, 3.63) is 34.3 Å². The normalized spacial score (nSPS) is 22.7. The maximum absolute atomic E-state index is 12.0. The number of carbonyl (C=O) groups is 2. The zero-order valence-electron chi connectivity index (χ0n) is 9.48. The van der Waals surface area contributed by atoms with E-state index in [0.29, 0.717) is 17.7 Å². The van der Waals surface area contributed by atoms with E-state index in [9.17, 15) is 14.7 Å². The van der Waals surface area contributed by atoms with E-state index < -0.39 is 11.5 Å². The second kappa shape index (κ2) is 5.32. The number of rotatable bonds is 3. The zero-order valence-corrected chi connectivity index (χ0v) is 11.9. The molecule has 0 aliphatic carbocycles. The summed E-state index contributed by atoms with van der Waals surface area (Å²) in [4.78, 5) is 23.3. The highest BCUT2D eigenvalue weighted by Crippen LogP contribution is 2.28. The van der Waals surface area contributed by atoms with E-state index in [-0.39, 0.29) is 5.91 Å². The Bertz CT molecular complexity index is 469. The Morgan fingerprint density at radius 1 is 1.33 bits per heavy atom. The van der Waals surface area contributed by atoms with Gasteiger partial charge in [0.15, 0.2) is 0 Å². The van der Waals surface area contributed by atoms with Gasteiger partial charge in [-0.3, -0.25) is 4.79 Å². The van der Waals surface area contributed by atoms with Crippen LogP contribution in [0.5, 0.6) is 0 Å². The van der Waals surface area contributed by atoms with Crippen molar-refractivity contribution in [3.8, 4) is 0 Å². The van der Waals surface area contributed by atoms with Crippen LogP contribution in [-0.2, 0) is 4.79 Å². The Kier molecular flexibility index (Phi) is 3.97. The number of thioether (sulfide) groups is 1. The van der Waals surface area contributed by atoms with Crippen LogP contribution in [-0.4, -0.2) is 34.0 Å². The van der Waals surface area contributed by atoms with Crippen molar-refractivity contribution in [2.24, 2.45) is 0 Å². The van der Waals surface area contributed by atoms with E-state index in [1.165, 1.54) is 0 Å². The van der Waals surface area contributed by atoms with Crippen LogP contribution in [0.25, 0.3) is 0 Å². The molecule has 1 heterocycles. The van der Waals surface area contributed by atoms with Crippen LogP contribution < -0.4 is 5.32 Å². The molecule has 2 N–H and O–H groups in total. The average Bonchev–Trinajstić information content (AvgIpc) is 2.79. The first kappa shape index (κ1) is 13.4. The van der Waals surface area contributed by atoms with E-state index in [1.54, 1.807) is 36.0 Å². The molecule has 1 atom stereocenters. The summed E-state index contributed by atoms with van der Waals surface area (Å²) in [5.41, 5.74) is -0.648. The van der Waals surface area contributed by atoms with E-state index in [4.69, 9.17) is 0 Å². The minimum Gasteiger partial charge on any atom is -0.479 e. The standard InChI is InChI=1S/C12H12BrNO3S/c13-9-3-1-8(2-4-9)10(15)14-12(11(16)17)5-6-18-7-12/h1-4H,5-7H2,(H,14,15)(H,16,17). The van der Waals surface area contributed by atoms with Crippen LogP contribution in [0.2, 0.25) is 0 Å². The highest BCUT2D eigenvalue weighted by Gasteiger charge is 2.43. The van der Waals surface area contributed by atoms with E-state index in [1.807, 2.05) is 0 Å². The molecule has 4 nitrogen and oxygen atoms in total. The van der Waals surface area contributed by atoms with Crippen LogP contribution in [0, 0.1) is 0 Å². The fourth-order valence-corrected chi connectivity index (χ4v) is 3.37. The number of halogens is 1. The number of carboxylic acids is 1. The zero-order chi connectivity index (χ0) is 13.2. The predicted molar refractivity (Wildman–Crippen MR) is 73.9 cm³/mol. The van der Waals surface area contributed by atoms with Crippen LogP contribution in [0.15, 0.2) is 28.7 Å². The van der Waals surface area contributed by atoms with Gasteiger partial charge in [-0.1, -0.05) is 15.9 Å². The molecule has 1 fully saturated rings. The summed E-state index contributed by atoms with van der Waals surface area (Å²) in [5.74, 6) is -0.122. The highest BCUT2D eigenvalue weighted by molar-refractivity contribution is 9.10. The number of aliphatic carboxylic acids is 1. The van der Waals surface area contributed by atoms with Crippen LogP contribution >= 0.6 is 27.7 Å². The summed E-state index contributed by atoms with van der Waals surface area (Å²) in [5, 5.41) is 11.9. The fourth-order valence-electron chi connectivity index (χ4n) is 1.78. The molecule has 96 valence electrons. The summed E-state index contributed by atoms with van der Waals surface area (Å²) in [6.45, 7) is 0. The summed E-state index contributed by atoms with van der Waals surface area (Å²) < 4.78 is 0.878. The molecular weight excluding hydrogens is 318 g/mol. The number of benzene rings is 1. The molecular formula is C12H12BrNO3S. The summed E-state index contributed by atoms with van der Waals surface area (Å²) >= 11 is 4.83. The van der Waals surface area contributed by atoms with E-state index in [0.717, 1.165) is 10.2 Å². The molecule has 0 spiro atoms. The van der Waals surface area contributed by atoms with Crippen molar-refractivity contribution in [1.29, 1.82) is 0 Å². The van der Waals surface area contributed by atoms with Gasteiger partial charge < -0.3 is 10.4 Å². The molecule has 6 heteroatoms. The van der Waals surface area contributed by atoms with Crippen LogP contribution in [0.4, 0.5) is 0 Å². The van der Waals surface area contributed by atoms with Gasteiger partial charge >= 0.3 is 5.97 Å². The van der Waals surface area contributed by atoms with Crippen molar-refractivity contribution in [3.63, 3.8) is 0 Å². The lowest BCUT2D eigenvalue weighted by Gasteiger charge is -2.24. The molecule has 1 aromatic rings. The van der Waals surface area contributed by atoms with Crippen molar-refractivity contribution in [2.45, 2.75) is 12.0 Å². The minimum atomic E-state index is -1.12. The topological polar surface area (TPSA) is 66.4 Å². The highest BCUT2D eigenvalue weighted by atomic mass is 79.9. The van der Waals surface area contributed by atoms with Gasteiger partial charge in [0.1, 0.15) is 5.54 Å². The number of carbonyl (C=O) groups excluding carboxylic acids is 1. The Morgan fingerprint density at radius 2 is 2.00 bits per heavy atom. The molecule has 1 amide bonds. The summed E-state index contributed by atoms with van der Waals surface area (Å²) in [6.07, 6.45) is 0.468. The summed E-state index contributed by atoms with van der Waals surface area (Å²) in [6, 6.07) is 6.84. The third-order valence-corrected chi connectivity index (χ3v) is 4.61. The Balaban J connectivity index is 2.15. The third kappa shape index (κ3) is 2.70. The molecule has 2 rings (SSSR count). The van der Waals surface area contributed by atoms with Gasteiger partial charge in [-0.25, -0.2) is 4.79 Å². The Morgan fingerprint density at radius 3 is 2.50 bits per heavy atom. The second-order valence-corrected chi connectivity index (χ2v) is 6.17. The molecule has 18 heavy (non-hydrogen) atoms. The second-order valence-electron chi connectivity index (χ2n) is 4.15. The lowest BCUT2D eigenvalue weighted by atomic mass is 9.98. The molecule has 1 saturated heterocycles. The first-order chi connectivity index (χ1) is 8.53. The summed E-state index contributed by atoms with van der Waals surface area (Å²) in [7, 11) is 0. The van der Waals surface area contributed by atoms with Gasteiger partial charge in [-0.2, -0.15) is 11.8 Å². The van der Waals surface area contributed by atoms with Crippen molar-refractivity contribution in [2.75, 3.05) is 11.5 Å². The largest absolute Gasteiger partial charge is 0.479 e. The maximum Gasteiger partial charge on any atom is 0.330 e.